The first-order chi connectivity index (χ1) is 13.8. The lowest BCUT2D eigenvalue weighted by atomic mass is 9.98. The van der Waals surface area contributed by atoms with Crippen molar-refractivity contribution in [2.24, 2.45) is 5.92 Å². The highest BCUT2D eigenvalue weighted by atomic mass is 35.5. The molecule has 1 aliphatic heterocycles. The van der Waals surface area contributed by atoms with Crippen LogP contribution in [-0.4, -0.2) is 29.9 Å². The van der Waals surface area contributed by atoms with Gasteiger partial charge in [-0.1, -0.05) is 23.2 Å². The lowest BCUT2D eigenvalue weighted by Crippen LogP contribution is -2.34. The molecule has 10 heteroatoms. The number of rotatable bonds is 5. The molecule has 29 heavy (non-hydrogen) atoms. The highest BCUT2D eigenvalue weighted by molar-refractivity contribution is 6.34. The van der Waals surface area contributed by atoms with Gasteiger partial charge in [0.05, 0.1) is 27.1 Å². The molecule has 2 N–H and O–H groups in total. The number of piperidine rings is 1. The normalized spacial score (nSPS) is 14.3. The van der Waals surface area contributed by atoms with Crippen LogP contribution in [0.2, 0.25) is 10.0 Å². The number of ether oxygens (including phenoxy) is 1. The van der Waals surface area contributed by atoms with Crippen LogP contribution in [-0.2, 0) is 4.79 Å². The molecule has 1 aliphatic rings. The number of amides is 1. The quantitative estimate of drug-likeness (QED) is 0.315. The molecule has 2 aromatic rings. The van der Waals surface area contributed by atoms with Crippen LogP contribution in [0.1, 0.15) is 23.2 Å². The standard InChI is InChI=1S/C19H17Cl2N3O5/c20-12-1-4-17(29-19(26)11-5-7-22-8-6-11)14(9-12)18(25)23-16-3-2-13(24(27)28)10-15(16)21/h1-4,9-11,22H,5-8H2,(H,23,25). The third-order valence-electron chi connectivity index (χ3n) is 4.48. The van der Waals surface area contributed by atoms with E-state index in [9.17, 15) is 19.7 Å². The minimum atomic E-state index is -0.614. The highest BCUT2D eigenvalue weighted by Gasteiger charge is 2.25. The molecule has 1 amide bonds. The van der Waals surface area contributed by atoms with Gasteiger partial charge in [0, 0.05) is 17.2 Å². The number of nitrogens with zero attached hydrogens (tertiary/aromatic N) is 1. The van der Waals surface area contributed by atoms with Crippen molar-refractivity contribution >= 4 is 46.5 Å². The molecule has 0 radical (unpaired) electrons. The summed E-state index contributed by atoms with van der Waals surface area (Å²) in [5.41, 5.74) is 0.0272. The zero-order valence-corrected chi connectivity index (χ0v) is 16.6. The first kappa shape index (κ1) is 21.0. The number of benzene rings is 2. The molecule has 0 bridgehead atoms. The van der Waals surface area contributed by atoms with E-state index in [-0.39, 0.29) is 38.7 Å². The molecule has 0 aliphatic carbocycles. The van der Waals surface area contributed by atoms with Crippen LogP contribution in [0.4, 0.5) is 11.4 Å². The van der Waals surface area contributed by atoms with E-state index in [4.69, 9.17) is 27.9 Å². The molecule has 0 spiro atoms. The van der Waals surface area contributed by atoms with Crippen molar-refractivity contribution in [2.75, 3.05) is 18.4 Å². The lowest BCUT2D eigenvalue weighted by Gasteiger charge is -2.21. The van der Waals surface area contributed by atoms with Crippen LogP contribution in [0.3, 0.4) is 0 Å². The van der Waals surface area contributed by atoms with E-state index in [1.165, 1.54) is 30.3 Å². The Balaban J connectivity index is 1.80. The van der Waals surface area contributed by atoms with Crippen molar-refractivity contribution in [3.8, 4) is 5.75 Å². The number of halogens is 2. The first-order valence-electron chi connectivity index (χ1n) is 8.82. The van der Waals surface area contributed by atoms with Crippen molar-refractivity contribution in [3.05, 3.63) is 62.1 Å². The van der Waals surface area contributed by atoms with E-state index in [0.29, 0.717) is 12.8 Å². The summed E-state index contributed by atoms with van der Waals surface area (Å²) in [5.74, 6) is -1.19. The Morgan fingerprint density at radius 2 is 1.86 bits per heavy atom. The summed E-state index contributed by atoms with van der Waals surface area (Å²) in [6, 6.07) is 8.02. The second-order valence-electron chi connectivity index (χ2n) is 6.46. The van der Waals surface area contributed by atoms with Gasteiger partial charge < -0.3 is 15.4 Å². The average Bonchev–Trinajstić information content (AvgIpc) is 2.71. The Bertz CT molecular complexity index is 961. The van der Waals surface area contributed by atoms with E-state index in [2.05, 4.69) is 10.6 Å². The molecule has 1 fully saturated rings. The summed E-state index contributed by atoms with van der Waals surface area (Å²) < 4.78 is 5.47. The Kier molecular flexibility index (Phi) is 6.68. The third kappa shape index (κ3) is 5.23. The predicted octanol–water partition coefficient (Wildman–Crippen LogP) is 4.06. The fourth-order valence-corrected chi connectivity index (χ4v) is 3.32. The number of carbonyl (C=O) groups is 2. The number of carbonyl (C=O) groups excluding carboxylic acids is 2. The van der Waals surface area contributed by atoms with Gasteiger partial charge in [-0.25, -0.2) is 0 Å². The number of nitro benzene ring substituents is 1. The van der Waals surface area contributed by atoms with Crippen LogP contribution in [0, 0.1) is 16.0 Å². The van der Waals surface area contributed by atoms with Crippen LogP contribution in [0.15, 0.2) is 36.4 Å². The Labute approximate surface area is 176 Å². The van der Waals surface area contributed by atoms with Crippen LogP contribution >= 0.6 is 23.2 Å². The third-order valence-corrected chi connectivity index (χ3v) is 5.03. The molecular formula is C19H17Cl2N3O5. The smallest absolute Gasteiger partial charge is 0.314 e. The van der Waals surface area contributed by atoms with Gasteiger partial charge in [-0.3, -0.25) is 19.7 Å². The molecule has 3 rings (SSSR count). The summed E-state index contributed by atoms with van der Waals surface area (Å²) in [4.78, 5) is 35.4. The van der Waals surface area contributed by atoms with Crippen LogP contribution in [0.25, 0.3) is 0 Å². The first-order valence-corrected chi connectivity index (χ1v) is 9.58. The summed E-state index contributed by atoms with van der Waals surface area (Å²) in [6.07, 6.45) is 1.32. The van der Waals surface area contributed by atoms with Gasteiger partial charge in [-0.15, -0.1) is 0 Å². The number of hydrogen-bond acceptors (Lipinski definition) is 6. The van der Waals surface area contributed by atoms with Gasteiger partial charge in [-0.2, -0.15) is 0 Å². The Morgan fingerprint density at radius 3 is 2.52 bits per heavy atom. The molecule has 1 saturated heterocycles. The van der Waals surface area contributed by atoms with Crippen molar-refractivity contribution in [3.63, 3.8) is 0 Å². The minimum absolute atomic E-state index is 0.00262. The molecule has 0 atom stereocenters. The van der Waals surface area contributed by atoms with Gasteiger partial charge in [0.2, 0.25) is 0 Å². The van der Waals surface area contributed by atoms with Crippen LogP contribution in [0.5, 0.6) is 5.75 Å². The van der Waals surface area contributed by atoms with E-state index < -0.39 is 16.8 Å². The predicted molar refractivity (Wildman–Crippen MR) is 109 cm³/mol. The highest BCUT2D eigenvalue weighted by Crippen LogP contribution is 2.30. The zero-order chi connectivity index (χ0) is 21.0. The number of nitrogens with one attached hydrogen (secondary N) is 2. The molecule has 0 saturated carbocycles. The van der Waals surface area contributed by atoms with Gasteiger partial charge >= 0.3 is 5.97 Å². The van der Waals surface area contributed by atoms with E-state index in [1.54, 1.807) is 0 Å². The maximum Gasteiger partial charge on any atom is 0.314 e. The van der Waals surface area contributed by atoms with E-state index >= 15 is 0 Å². The lowest BCUT2D eigenvalue weighted by molar-refractivity contribution is -0.384. The number of non-ortho nitro benzene ring substituents is 1. The van der Waals surface area contributed by atoms with E-state index in [1.807, 2.05) is 0 Å². The Morgan fingerprint density at radius 1 is 1.14 bits per heavy atom. The second-order valence-corrected chi connectivity index (χ2v) is 7.30. The SMILES string of the molecule is O=C(Nc1ccc([N+](=O)[O-])cc1Cl)c1cc(Cl)ccc1OC(=O)C1CCNCC1. The zero-order valence-electron chi connectivity index (χ0n) is 15.1. The minimum Gasteiger partial charge on any atom is -0.425 e. The molecule has 8 nitrogen and oxygen atoms in total. The van der Waals surface area contributed by atoms with Gasteiger partial charge in [0.15, 0.2) is 0 Å². The molecular weight excluding hydrogens is 421 g/mol. The second kappa shape index (κ2) is 9.21. The Hall–Kier alpha value is -2.68. The maximum atomic E-state index is 12.8. The monoisotopic (exact) mass is 437 g/mol. The summed E-state index contributed by atoms with van der Waals surface area (Å²) in [7, 11) is 0. The molecule has 0 aromatic heterocycles. The number of esters is 1. The number of hydrogen-bond donors (Lipinski definition) is 2. The summed E-state index contributed by atoms with van der Waals surface area (Å²) in [6.45, 7) is 1.46. The van der Waals surface area contributed by atoms with Crippen molar-refractivity contribution in [2.45, 2.75) is 12.8 Å². The maximum absolute atomic E-state index is 12.8. The molecule has 152 valence electrons. The van der Waals surface area contributed by atoms with Crippen molar-refractivity contribution < 1.29 is 19.2 Å². The van der Waals surface area contributed by atoms with E-state index in [0.717, 1.165) is 19.2 Å². The average molecular weight is 438 g/mol. The van der Waals surface area contributed by atoms with Gasteiger partial charge in [0.25, 0.3) is 11.6 Å². The van der Waals surface area contributed by atoms with Crippen LogP contribution < -0.4 is 15.4 Å². The van der Waals surface area contributed by atoms with Crippen molar-refractivity contribution in [1.82, 2.24) is 5.32 Å². The molecule has 2 aromatic carbocycles. The summed E-state index contributed by atoms with van der Waals surface area (Å²) >= 11 is 12.0. The fourth-order valence-electron chi connectivity index (χ4n) is 2.93. The molecule has 0 unspecified atom stereocenters. The number of nitro groups is 1. The molecule has 1 heterocycles. The van der Waals surface area contributed by atoms with Gasteiger partial charge in [0.1, 0.15) is 5.75 Å². The van der Waals surface area contributed by atoms with Gasteiger partial charge in [-0.05, 0) is 50.2 Å². The summed E-state index contributed by atoms with van der Waals surface area (Å²) in [5, 5.41) is 16.8. The fraction of sp³-hybridized carbons (Fsp3) is 0.263. The largest absolute Gasteiger partial charge is 0.425 e. The number of anilines is 1. The topological polar surface area (TPSA) is 111 Å². The van der Waals surface area contributed by atoms with Crippen molar-refractivity contribution in [1.29, 1.82) is 0 Å².